The molecule has 1 aliphatic rings. The van der Waals surface area contributed by atoms with Crippen molar-refractivity contribution < 1.29 is 4.79 Å². The van der Waals surface area contributed by atoms with Crippen molar-refractivity contribution in [2.45, 2.75) is 12.8 Å². The fourth-order valence-corrected chi connectivity index (χ4v) is 1.41. The van der Waals surface area contributed by atoms with E-state index in [1.165, 1.54) is 6.33 Å². The van der Waals surface area contributed by atoms with E-state index in [1.54, 1.807) is 13.1 Å². The van der Waals surface area contributed by atoms with Gasteiger partial charge in [0, 0.05) is 24.1 Å². The zero-order valence-electron chi connectivity index (χ0n) is 11.7. The third-order valence-electron chi connectivity index (χ3n) is 2.44. The number of rotatable bonds is 2. The molecule has 4 nitrogen and oxygen atoms in total. The summed E-state index contributed by atoms with van der Waals surface area (Å²) in [6.07, 6.45) is 4.72. The second-order valence-corrected chi connectivity index (χ2v) is 5.07. The Hall–Kier alpha value is -1.65. The Kier molecular flexibility index (Phi) is 8.40. The fourth-order valence-electron chi connectivity index (χ4n) is 1.12. The van der Waals surface area contributed by atoms with Crippen molar-refractivity contribution in [3.05, 3.63) is 52.9 Å². The molecule has 21 heavy (non-hydrogen) atoms. The highest BCUT2D eigenvalue weighted by atomic mass is 35.5. The Balaban J connectivity index is 0.000000164. The molecule has 0 bridgehead atoms. The van der Waals surface area contributed by atoms with E-state index in [2.05, 4.69) is 15.3 Å². The Morgan fingerprint density at radius 2 is 1.86 bits per heavy atom. The van der Waals surface area contributed by atoms with Crippen LogP contribution in [0.1, 0.15) is 12.8 Å². The summed E-state index contributed by atoms with van der Waals surface area (Å²) in [5.74, 6) is 1.19. The lowest BCUT2D eigenvalue weighted by Gasteiger charge is -1.95. The monoisotopic (exact) mass is 325 g/mol. The number of anilines is 1. The van der Waals surface area contributed by atoms with Crippen LogP contribution in [0.4, 0.5) is 5.82 Å². The van der Waals surface area contributed by atoms with Crippen molar-refractivity contribution >= 4 is 35.3 Å². The zero-order valence-corrected chi connectivity index (χ0v) is 13.2. The number of benzene rings is 1. The number of halogens is 2. The maximum absolute atomic E-state index is 9.57. The molecule has 0 unspecified atom stereocenters. The number of aromatic nitrogens is 2. The predicted octanol–water partition coefficient (Wildman–Crippen LogP) is 4.11. The highest BCUT2D eigenvalue weighted by molar-refractivity contribution is 6.30. The van der Waals surface area contributed by atoms with Crippen molar-refractivity contribution in [3.63, 3.8) is 0 Å². The summed E-state index contributed by atoms with van der Waals surface area (Å²) < 4.78 is 0. The van der Waals surface area contributed by atoms with Crippen LogP contribution in [0.2, 0.25) is 10.2 Å². The van der Waals surface area contributed by atoms with Crippen molar-refractivity contribution in [3.8, 4) is 0 Å². The van der Waals surface area contributed by atoms with E-state index >= 15 is 0 Å². The van der Waals surface area contributed by atoms with Gasteiger partial charge in [-0.1, -0.05) is 41.4 Å². The van der Waals surface area contributed by atoms with Crippen LogP contribution in [0.25, 0.3) is 0 Å². The van der Waals surface area contributed by atoms with Crippen molar-refractivity contribution in [2.24, 2.45) is 5.92 Å². The molecule has 1 aromatic heterocycles. The third kappa shape index (κ3) is 9.00. The maximum Gasteiger partial charge on any atom is 0.134 e. The Bertz CT molecular complexity index is 533. The van der Waals surface area contributed by atoms with Crippen LogP contribution < -0.4 is 5.32 Å². The molecule has 0 saturated heterocycles. The van der Waals surface area contributed by atoms with Crippen molar-refractivity contribution in [1.82, 2.24) is 9.97 Å². The molecule has 3 rings (SSSR count). The predicted molar refractivity (Wildman–Crippen MR) is 86.8 cm³/mol. The normalized spacial score (nSPS) is 12.1. The zero-order chi connectivity index (χ0) is 15.5. The number of nitrogens with one attached hydrogen (secondary N) is 1. The van der Waals surface area contributed by atoms with E-state index in [9.17, 15) is 4.79 Å². The minimum Gasteiger partial charge on any atom is -0.373 e. The molecule has 0 spiro atoms. The fraction of sp³-hybridized carbons (Fsp3) is 0.267. The van der Waals surface area contributed by atoms with Gasteiger partial charge >= 0.3 is 0 Å². The maximum atomic E-state index is 9.57. The van der Waals surface area contributed by atoms with Crippen LogP contribution in [0, 0.1) is 5.92 Å². The average Bonchev–Trinajstić information content (AvgIpc) is 3.33. The molecule has 1 fully saturated rings. The molecule has 1 saturated carbocycles. The van der Waals surface area contributed by atoms with Gasteiger partial charge in [0.05, 0.1) is 0 Å². The van der Waals surface area contributed by atoms with Gasteiger partial charge in [0.1, 0.15) is 23.6 Å². The number of carbonyl (C=O) groups excluding carboxylic acids is 1. The van der Waals surface area contributed by atoms with E-state index < -0.39 is 0 Å². The van der Waals surface area contributed by atoms with Crippen LogP contribution in [0.15, 0.2) is 42.7 Å². The molecule has 0 amide bonds. The standard InChI is InChI=1S/C6H5Cl.C5H6ClN3.C4H6O/c7-6-4-2-1-3-5-6;1-7-5-2-4(6)8-3-9-5;5-3-4-1-2-4/h1-5H;2-3H,1H3,(H,7,8,9);3-4H,1-2H2. The molecule has 1 N–H and O–H groups in total. The van der Waals surface area contributed by atoms with Gasteiger partial charge < -0.3 is 10.1 Å². The molecule has 0 atom stereocenters. The summed E-state index contributed by atoms with van der Waals surface area (Å²) >= 11 is 11.1. The number of carbonyl (C=O) groups is 1. The molecule has 6 heteroatoms. The first kappa shape index (κ1) is 17.4. The van der Waals surface area contributed by atoms with Crippen LogP contribution in [0.5, 0.6) is 0 Å². The Labute approximate surface area is 134 Å². The Morgan fingerprint density at radius 1 is 1.19 bits per heavy atom. The second kappa shape index (κ2) is 10.1. The average molecular weight is 326 g/mol. The van der Waals surface area contributed by atoms with Gasteiger partial charge in [-0.3, -0.25) is 0 Å². The molecule has 0 aliphatic heterocycles. The van der Waals surface area contributed by atoms with Crippen LogP contribution >= 0.6 is 23.2 Å². The van der Waals surface area contributed by atoms with Crippen LogP contribution in [-0.4, -0.2) is 23.3 Å². The molecule has 1 aromatic carbocycles. The molecule has 1 heterocycles. The third-order valence-corrected chi connectivity index (χ3v) is 2.90. The molecule has 112 valence electrons. The van der Waals surface area contributed by atoms with Gasteiger partial charge in [0.2, 0.25) is 0 Å². The number of nitrogens with zero attached hydrogens (tertiary/aromatic N) is 2. The minimum absolute atomic E-state index is 0.453. The number of hydrogen-bond donors (Lipinski definition) is 1. The minimum atomic E-state index is 0.453. The quantitative estimate of drug-likeness (QED) is 0.667. The van der Waals surface area contributed by atoms with E-state index in [4.69, 9.17) is 23.2 Å². The second-order valence-electron chi connectivity index (χ2n) is 4.25. The van der Waals surface area contributed by atoms with Gasteiger partial charge in [0.25, 0.3) is 0 Å². The van der Waals surface area contributed by atoms with Crippen LogP contribution in [-0.2, 0) is 4.79 Å². The SMILES string of the molecule is CNc1cc(Cl)ncn1.Clc1ccccc1.O=CC1CC1. The molecule has 2 aromatic rings. The first-order chi connectivity index (χ1) is 10.2. The largest absolute Gasteiger partial charge is 0.373 e. The van der Waals surface area contributed by atoms with E-state index in [-0.39, 0.29) is 0 Å². The summed E-state index contributed by atoms with van der Waals surface area (Å²) in [6, 6.07) is 11.1. The first-order valence-electron chi connectivity index (χ1n) is 6.47. The van der Waals surface area contributed by atoms with Gasteiger partial charge in [-0.2, -0.15) is 0 Å². The molecular weight excluding hydrogens is 309 g/mol. The lowest BCUT2D eigenvalue weighted by molar-refractivity contribution is -0.108. The topological polar surface area (TPSA) is 54.9 Å². The summed E-state index contributed by atoms with van der Waals surface area (Å²) in [7, 11) is 1.78. The number of aldehydes is 1. The lowest BCUT2D eigenvalue weighted by atomic mass is 10.4. The van der Waals surface area contributed by atoms with E-state index in [0.29, 0.717) is 11.1 Å². The van der Waals surface area contributed by atoms with E-state index in [0.717, 1.165) is 30.0 Å². The first-order valence-corrected chi connectivity index (χ1v) is 7.22. The Morgan fingerprint density at radius 3 is 2.14 bits per heavy atom. The lowest BCUT2D eigenvalue weighted by Crippen LogP contribution is -1.91. The van der Waals surface area contributed by atoms with Crippen molar-refractivity contribution in [1.29, 1.82) is 0 Å². The van der Waals surface area contributed by atoms with Crippen LogP contribution in [0.3, 0.4) is 0 Å². The summed E-state index contributed by atoms with van der Waals surface area (Å²) in [6.45, 7) is 0. The van der Waals surface area contributed by atoms with E-state index in [1.807, 2.05) is 30.3 Å². The highest BCUT2D eigenvalue weighted by Crippen LogP contribution is 2.25. The van der Waals surface area contributed by atoms with Gasteiger partial charge in [-0.15, -0.1) is 0 Å². The van der Waals surface area contributed by atoms with Gasteiger partial charge in [0.15, 0.2) is 0 Å². The molecular formula is C15H17Cl2N3O. The summed E-state index contributed by atoms with van der Waals surface area (Å²) in [5, 5.41) is 4.08. The highest BCUT2D eigenvalue weighted by Gasteiger charge is 2.18. The molecule has 1 aliphatic carbocycles. The number of hydrogen-bond acceptors (Lipinski definition) is 4. The summed E-state index contributed by atoms with van der Waals surface area (Å²) in [4.78, 5) is 17.1. The van der Waals surface area contributed by atoms with Gasteiger partial charge in [-0.05, 0) is 25.0 Å². The van der Waals surface area contributed by atoms with Crippen molar-refractivity contribution in [2.75, 3.05) is 12.4 Å². The summed E-state index contributed by atoms with van der Waals surface area (Å²) in [5.41, 5.74) is 0. The van der Waals surface area contributed by atoms with Gasteiger partial charge in [-0.25, -0.2) is 9.97 Å². The molecule has 0 radical (unpaired) electrons. The smallest absolute Gasteiger partial charge is 0.134 e.